The maximum absolute atomic E-state index is 10.7. The lowest BCUT2D eigenvalue weighted by Crippen LogP contribution is -2.16. The second-order valence-corrected chi connectivity index (χ2v) is 7.17. The van der Waals surface area contributed by atoms with Gasteiger partial charge in [0.2, 0.25) is 15.9 Å². The van der Waals surface area contributed by atoms with Crippen LogP contribution in [-0.2, 0) is 21.9 Å². The maximum Gasteiger partial charge on any atom is 0.226 e. The number of unbranched alkanes of at least 4 members (excludes halogenated alkanes) is 2. The van der Waals surface area contributed by atoms with E-state index in [4.69, 9.17) is 9.66 Å². The molecule has 0 aromatic carbocycles. The molecule has 0 spiro atoms. The molecule has 0 aliphatic carbocycles. The summed E-state index contributed by atoms with van der Waals surface area (Å²) in [5.74, 6) is 1.34. The highest BCUT2D eigenvalue weighted by atomic mass is 32.2. The third kappa shape index (κ3) is 5.59. The number of rotatable bonds is 6. The zero-order valence-electron chi connectivity index (χ0n) is 11.1. The molecule has 7 heteroatoms. The molecule has 1 rings (SSSR count). The molecule has 6 nitrogen and oxygen atoms in total. The van der Waals surface area contributed by atoms with Crippen molar-refractivity contribution in [2.75, 3.05) is 5.75 Å². The van der Waals surface area contributed by atoms with Crippen LogP contribution in [0.25, 0.3) is 0 Å². The first-order valence-electron chi connectivity index (χ1n) is 6.02. The average molecular weight is 275 g/mol. The van der Waals surface area contributed by atoms with Gasteiger partial charge >= 0.3 is 0 Å². The number of nitrogens with zero attached hydrogens (tertiary/aromatic N) is 2. The quantitative estimate of drug-likeness (QED) is 0.790. The Balaban J connectivity index is 2.30. The Bertz CT molecular complexity index is 474. The molecule has 0 unspecified atom stereocenters. The van der Waals surface area contributed by atoms with Gasteiger partial charge in [0, 0.05) is 11.8 Å². The van der Waals surface area contributed by atoms with Crippen molar-refractivity contribution in [1.29, 1.82) is 0 Å². The van der Waals surface area contributed by atoms with Gasteiger partial charge in [0.05, 0.1) is 5.75 Å². The second-order valence-electron chi connectivity index (χ2n) is 5.44. The van der Waals surface area contributed by atoms with Gasteiger partial charge in [-0.15, -0.1) is 0 Å². The predicted octanol–water partition coefficient (Wildman–Crippen LogP) is 1.37. The van der Waals surface area contributed by atoms with E-state index in [0.29, 0.717) is 24.6 Å². The first kappa shape index (κ1) is 15.1. The maximum atomic E-state index is 10.7. The summed E-state index contributed by atoms with van der Waals surface area (Å²) in [7, 11) is -3.34. The van der Waals surface area contributed by atoms with Crippen LogP contribution in [-0.4, -0.2) is 24.3 Å². The lowest BCUT2D eigenvalue weighted by atomic mass is 9.96. The van der Waals surface area contributed by atoms with Crippen molar-refractivity contribution in [2.24, 2.45) is 5.14 Å². The largest absolute Gasteiger partial charge is 0.339 e. The Morgan fingerprint density at radius 2 is 1.89 bits per heavy atom. The van der Waals surface area contributed by atoms with Crippen LogP contribution in [0.5, 0.6) is 0 Å². The predicted molar refractivity (Wildman–Crippen MR) is 68.5 cm³/mol. The minimum Gasteiger partial charge on any atom is -0.339 e. The molecule has 1 aromatic rings. The van der Waals surface area contributed by atoms with Crippen molar-refractivity contribution in [3.63, 3.8) is 0 Å². The van der Waals surface area contributed by atoms with Crippen LogP contribution >= 0.6 is 0 Å². The molecule has 0 atom stereocenters. The van der Waals surface area contributed by atoms with E-state index in [0.717, 1.165) is 12.8 Å². The Labute approximate surface area is 108 Å². The fourth-order valence-corrected chi connectivity index (χ4v) is 2.02. The summed E-state index contributed by atoms with van der Waals surface area (Å²) in [6, 6.07) is 0. The van der Waals surface area contributed by atoms with Crippen molar-refractivity contribution in [1.82, 2.24) is 10.1 Å². The van der Waals surface area contributed by atoms with Crippen molar-refractivity contribution in [3.05, 3.63) is 11.7 Å². The van der Waals surface area contributed by atoms with Crippen LogP contribution in [0.1, 0.15) is 51.7 Å². The minimum absolute atomic E-state index is 0.0318. The fourth-order valence-electron chi connectivity index (χ4n) is 1.42. The van der Waals surface area contributed by atoms with E-state index in [9.17, 15) is 8.42 Å². The molecular weight excluding hydrogens is 254 g/mol. The molecule has 1 aromatic heterocycles. The van der Waals surface area contributed by atoms with Crippen LogP contribution in [0.2, 0.25) is 0 Å². The van der Waals surface area contributed by atoms with Crippen molar-refractivity contribution in [3.8, 4) is 0 Å². The van der Waals surface area contributed by atoms with Crippen molar-refractivity contribution in [2.45, 2.75) is 51.9 Å². The fraction of sp³-hybridized carbons (Fsp3) is 0.818. The zero-order valence-corrected chi connectivity index (χ0v) is 12.0. The Morgan fingerprint density at radius 1 is 1.22 bits per heavy atom. The number of nitrogens with two attached hydrogens (primary N) is 1. The number of aryl methyl sites for hydroxylation is 1. The average Bonchev–Trinajstić information content (AvgIpc) is 2.63. The van der Waals surface area contributed by atoms with Gasteiger partial charge < -0.3 is 4.52 Å². The highest BCUT2D eigenvalue weighted by Gasteiger charge is 2.20. The summed E-state index contributed by atoms with van der Waals surface area (Å²) in [6.45, 7) is 6.06. The van der Waals surface area contributed by atoms with Gasteiger partial charge in [0.25, 0.3) is 0 Å². The van der Waals surface area contributed by atoms with Gasteiger partial charge in [-0.1, -0.05) is 32.3 Å². The van der Waals surface area contributed by atoms with Crippen LogP contribution in [0, 0.1) is 0 Å². The highest BCUT2D eigenvalue weighted by molar-refractivity contribution is 7.89. The third-order valence-electron chi connectivity index (χ3n) is 2.46. The molecule has 0 saturated heterocycles. The number of hydrogen-bond donors (Lipinski definition) is 1. The smallest absolute Gasteiger partial charge is 0.226 e. The molecule has 2 N–H and O–H groups in total. The van der Waals surface area contributed by atoms with Gasteiger partial charge in [-0.25, -0.2) is 13.6 Å². The van der Waals surface area contributed by atoms with Crippen LogP contribution in [0.4, 0.5) is 0 Å². The second kappa shape index (κ2) is 5.79. The number of hydrogen-bond acceptors (Lipinski definition) is 5. The SMILES string of the molecule is CC(C)(C)c1noc(CCCCCS(N)(=O)=O)n1. The van der Waals surface area contributed by atoms with Gasteiger partial charge in [-0.2, -0.15) is 4.98 Å². The van der Waals surface area contributed by atoms with E-state index in [1.807, 2.05) is 20.8 Å². The summed E-state index contributed by atoms with van der Waals surface area (Å²) in [5.41, 5.74) is -0.116. The number of aromatic nitrogens is 2. The summed E-state index contributed by atoms with van der Waals surface area (Å²) >= 11 is 0. The Kier molecular flexibility index (Phi) is 4.86. The van der Waals surface area contributed by atoms with Gasteiger partial charge in [-0.05, 0) is 12.8 Å². The molecule has 0 saturated carbocycles. The highest BCUT2D eigenvalue weighted by Crippen LogP contribution is 2.19. The van der Waals surface area contributed by atoms with Gasteiger partial charge in [-0.3, -0.25) is 0 Å². The van der Waals surface area contributed by atoms with E-state index < -0.39 is 10.0 Å². The van der Waals surface area contributed by atoms with Gasteiger partial charge in [0.15, 0.2) is 5.82 Å². The van der Waals surface area contributed by atoms with Crippen LogP contribution in [0.15, 0.2) is 4.52 Å². The molecule has 1 heterocycles. The van der Waals surface area contributed by atoms with Crippen LogP contribution in [0.3, 0.4) is 0 Å². The standard InChI is InChI=1S/C11H21N3O3S/c1-11(2,3)10-13-9(17-14-10)7-5-4-6-8-18(12,15)16/h4-8H2,1-3H3,(H2,12,15,16). The summed E-state index contributed by atoms with van der Waals surface area (Å²) in [4.78, 5) is 4.31. The summed E-state index contributed by atoms with van der Waals surface area (Å²) in [5, 5.41) is 8.83. The zero-order chi connectivity index (χ0) is 13.8. The molecule has 0 aliphatic heterocycles. The van der Waals surface area contributed by atoms with E-state index in [1.165, 1.54) is 0 Å². The lowest BCUT2D eigenvalue weighted by molar-refractivity contribution is 0.359. The molecule has 0 radical (unpaired) electrons. The van der Waals surface area contributed by atoms with Crippen LogP contribution < -0.4 is 5.14 Å². The first-order valence-corrected chi connectivity index (χ1v) is 7.73. The first-order chi connectivity index (χ1) is 8.18. The molecule has 0 fully saturated rings. The molecule has 0 bridgehead atoms. The van der Waals surface area contributed by atoms with E-state index in [1.54, 1.807) is 0 Å². The third-order valence-corrected chi connectivity index (χ3v) is 3.32. The van der Waals surface area contributed by atoms with E-state index >= 15 is 0 Å². The topological polar surface area (TPSA) is 99.1 Å². The van der Waals surface area contributed by atoms with Crippen molar-refractivity contribution < 1.29 is 12.9 Å². The summed E-state index contributed by atoms with van der Waals surface area (Å²) < 4.78 is 26.6. The monoisotopic (exact) mass is 275 g/mol. The van der Waals surface area contributed by atoms with E-state index in [2.05, 4.69) is 10.1 Å². The molecule has 0 amide bonds. The number of sulfonamides is 1. The van der Waals surface area contributed by atoms with Gasteiger partial charge in [0.1, 0.15) is 0 Å². The number of primary sulfonamides is 1. The van der Waals surface area contributed by atoms with E-state index in [-0.39, 0.29) is 11.2 Å². The molecule has 104 valence electrons. The molecule has 0 aliphatic rings. The molecular formula is C11H21N3O3S. The Hall–Kier alpha value is -0.950. The summed E-state index contributed by atoms with van der Waals surface area (Å²) in [6.07, 6.45) is 2.84. The minimum atomic E-state index is -3.34. The normalized spacial score (nSPS) is 12.9. The molecule has 18 heavy (non-hydrogen) atoms. The lowest BCUT2D eigenvalue weighted by Gasteiger charge is -2.10. The van der Waals surface area contributed by atoms with Crippen molar-refractivity contribution >= 4 is 10.0 Å². The Morgan fingerprint density at radius 3 is 2.39 bits per heavy atom.